The molecule has 2 heterocycles. The summed E-state index contributed by atoms with van der Waals surface area (Å²) >= 11 is 2.82. The number of carbonyl (C=O) groups is 1. The van der Waals surface area contributed by atoms with Gasteiger partial charge in [0.05, 0.1) is 6.61 Å². The van der Waals surface area contributed by atoms with Crippen molar-refractivity contribution < 1.29 is 13.9 Å². The number of ether oxygens (including phenoxy) is 1. The van der Waals surface area contributed by atoms with Gasteiger partial charge in [-0.25, -0.2) is 0 Å². The maximum atomic E-state index is 12.6. The van der Waals surface area contributed by atoms with Crippen molar-refractivity contribution in [2.45, 2.75) is 10.9 Å². The number of fused-ring (bicyclic) bond motifs is 1. The molecule has 0 aliphatic carbocycles. The third kappa shape index (κ3) is 3.50. The molecular formula is C16H15N3O3S2. The molecule has 0 bridgehead atoms. The van der Waals surface area contributed by atoms with Gasteiger partial charge in [0.15, 0.2) is 10.1 Å². The van der Waals surface area contributed by atoms with Crippen molar-refractivity contribution in [1.82, 2.24) is 10.2 Å². The van der Waals surface area contributed by atoms with E-state index in [1.807, 2.05) is 24.3 Å². The average molecular weight is 361 g/mol. The number of rotatable bonds is 7. The van der Waals surface area contributed by atoms with E-state index in [1.54, 1.807) is 13.2 Å². The number of thioether (sulfide) groups is 1. The van der Waals surface area contributed by atoms with Crippen molar-refractivity contribution in [1.29, 1.82) is 0 Å². The number of furan rings is 1. The van der Waals surface area contributed by atoms with Gasteiger partial charge in [0, 0.05) is 23.8 Å². The molecule has 0 aliphatic rings. The van der Waals surface area contributed by atoms with E-state index in [0.29, 0.717) is 10.7 Å². The minimum absolute atomic E-state index is 0.230. The van der Waals surface area contributed by atoms with Crippen molar-refractivity contribution in [2.24, 2.45) is 0 Å². The summed E-state index contributed by atoms with van der Waals surface area (Å²) in [6.07, 6.45) is 1.79. The lowest BCUT2D eigenvalue weighted by molar-refractivity contribution is 0.0992. The third-order valence-electron chi connectivity index (χ3n) is 3.14. The van der Waals surface area contributed by atoms with E-state index in [4.69, 9.17) is 9.15 Å². The van der Waals surface area contributed by atoms with E-state index in [0.717, 1.165) is 21.0 Å². The molecule has 0 saturated carbocycles. The normalized spacial score (nSPS) is 10.9. The molecule has 0 saturated heterocycles. The second-order valence-electron chi connectivity index (χ2n) is 4.77. The number of para-hydroxylation sites is 1. The summed E-state index contributed by atoms with van der Waals surface area (Å²) in [4.78, 5) is 12.6. The Kier molecular flexibility index (Phi) is 5.29. The van der Waals surface area contributed by atoms with E-state index >= 15 is 0 Å². The summed E-state index contributed by atoms with van der Waals surface area (Å²) in [5.74, 6) is 0.604. The van der Waals surface area contributed by atoms with Crippen LogP contribution >= 0.6 is 23.1 Å². The van der Waals surface area contributed by atoms with Crippen LogP contribution < -0.4 is 5.32 Å². The topological polar surface area (TPSA) is 77.3 Å². The third-order valence-corrected chi connectivity index (χ3v) is 5.11. The summed E-state index contributed by atoms with van der Waals surface area (Å²) in [6, 6.07) is 7.48. The highest BCUT2D eigenvalue weighted by Gasteiger charge is 2.21. The van der Waals surface area contributed by atoms with Gasteiger partial charge in [-0.3, -0.25) is 10.1 Å². The molecule has 1 aromatic carbocycles. The summed E-state index contributed by atoms with van der Waals surface area (Å²) in [7, 11) is 1.58. The first-order valence-corrected chi connectivity index (χ1v) is 8.91. The maximum Gasteiger partial charge on any atom is 0.293 e. The second kappa shape index (κ2) is 7.61. The molecule has 6 nitrogen and oxygen atoms in total. The Labute approximate surface area is 146 Å². The van der Waals surface area contributed by atoms with Gasteiger partial charge in [0.25, 0.3) is 5.91 Å². The van der Waals surface area contributed by atoms with E-state index in [-0.39, 0.29) is 18.3 Å². The number of benzene rings is 1. The molecule has 0 unspecified atom stereocenters. The molecular weight excluding hydrogens is 346 g/mol. The number of methoxy groups -OCH3 is 1. The van der Waals surface area contributed by atoms with Gasteiger partial charge in [-0.15, -0.1) is 16.8 Å². The first kappa shape index (κ1) is 16.7. The number of anilines is 1. The van der Waals surface area contributed by atoms with Crippen LogP contribution in [0.3, 0.4) is 0 Å². The van der Waals surface area contributed by atoms with Crippen LogP contribution in [0.2, 0.25) is 0 Å². The molecule has 0 atom stereocenters. The average Bonchev–Trinajstić information content (AvgIpc) is 3.18. The van der Waals surface area contributed by atoms with Crippen LogP contribution in [0.5, 0.6) is 0 Å². The van der Waals surface area contributed by atoms with Crippen molar-refractivity contribution in [3.63, 3.8) is 0 Å². The fraction of sp³-hybridized carbons (Fsp3) is 0.188. The lowest BCUT2D eigenvalue weighted by Gasteiger charge is -2.01. The predicted octanol–water partition coefficient (Wildman–Crippen LogP) is 3.96. The van der Waals surface area contributed by atoms with Crippen LogP contribution in [0.25, 0.3) is 11.0 Å². The van der Waals surface area contributed by atoms with Crippen molar-refractivity contribution in [2.75, 3.05) is 18.2 Å². The van der Waals surface area contributed by atoms with E-state index in [2.05, 4.69) is 22.1 Å². The van der Waals surface area contributed by atoms with E-state index in [9.17, 15) is 4.79 Å². The highest BCUT2D eigenvalue weighted by atomic mass is 32.2. The van der Waals surface area contributed by atoms with Gasteiger partial charge in [-0.05, 0) is 6.07 Å². The Balaban J connectivity index is 1.84. The Morgan fingerprint density at radius 2 is 2.29 bits per heavy atom. The standard InChI is InChI=1S/C16H15N3O3S2/c1-3-8-23-16-19-18-15(24-16)17-14(20)13-11(9-21-2)10-6-4-5-7-12(10)22-13/h3-7H,1,8-9H2,2H3,(H,17,18,20). The molecule has 0 radical (unpaired) electrons. The fourth-order valence-electron chi connectivity index (χ4n) is 2.17. The minimum atomic E-state index is -0.366. The van der Waals surface area contributed by atoms with Crippen LogP contribution in [0, 0.1) is 0 Å². The molecule has 2 aromatic heterocycles. The van der Waals surface area contributed by atoms with Crippen molar-refractivity contribution in [3.8, 4) is 0 Å². The zero-order chi connectivity index (χ0) is 16.9. The molecule has 0 spiro atoms. The monoisotopic (exact) mass is 361 g/mol. The molecule has 3 aromatic rings. The molecule has 124 valence electrons. The van der Waals surface area contributed by atoms with Crippen LogP contribution in [-0.4, -0.2) is 29.0 Å². The molecule has 0 fully saturated rings. The Morgan fingerprint density at radius 3 is 3.08 bits per heavy atom. The summed E-state index contributed by atoms with van der Waals surface area (Å²) in [6.45, 7) is 3.95. The van der Waals surface area contributed by atoms with Gasteiger partial charge in [-0.1, -0.05) is 47.4 Å². The first-order chi connectivity index (χ1) is 11.7. The molecule has 1 N–H and O–H groups in total. The molecule has 1 amide bonds. The quantitative estimate of drug-likeness (QED) is 0.390. The highest BCUT2D eigenvalue weighted by molar-refractivity contribution is 8.01. The lowest BCUT2D eigenvalue weighted by atomic mass is 10.1. The smallest absolute Gasteiger partial charge is 0.293 e. The number of carbonyl (C=O) groups excluding carboxylic acids is 1. The Bertz CT molecular complexity index is 872. The largest absolute Gasteiger partial charge is 0.451 e. The van der Waals surface area contributed by atoms with Crippen LogP contribution in [0.15, 0.2) is 45.7 Å². The van der Waals surface area contributed by atoms with Gasteiger partial charge in [-0.2, -0.15) is 0 Å². The van der Waals surface area contributed by atoms with Gasteiger partial charge in [0.1, 0.15) is 5.58 Å². The SMILES string of the molecule is C=CCSc1nnc(NC(=O)c2oc3ccccc3c2COC)s1. The number of aromatic nitrogens is 2. The minimum Gasteiger partial charge on any atom is -0.451 e. The summed E-state index contributed by atoms with van der Waals surface area (Å²) < 4.78 is 11.7. The molecule has 8 heteroatoms. The number of hydrogen-bond donors (Lipinski definition) is 1. The number of nitrogens with one attached hydrogen (secondary N) is 1. The van der Waals surface area contributed by atoms with E-state index < -0.39 is 0 Å². The van der Waals surface area contributed by atoms with Crippen LogP contribution in [0.4, 0.5) is 5.13 Å². The Morgan fingerprint density at radius 1 is 1.46 bits per heavy atom. The lowest BCUT2D eigenvalue weighted by Crippen LogP contribution is -2.13. The summed E-state index contributed by atoms with van der Waals surface area (Å²) in [5, 5.41) is 12.0. The predicted molar refractivity (Wildman–Crippen MR) is 95.7 cm³/mol. The maximum absolute atomic E-state index is 12.6. The highest BCUT2D eigenvalue weighted by Crippen LogP contribution is 2.29. The second-order valence-corrected chi connectivity index (χ2v) is 7.01. The first-order valence-electron chi connectivity index (χ1n) is 7.10. The van der Waals surface area contributed by atoms with Gasteiger partial charge >= 0.3 is 0 Å². The molecule has 0 aliphatic heterocycles. The number of hydrogen-bond acceptors (Lipinski definition) is 7. The summed E-state index contributed by atoms with van der Waals surface area (Å²) in [5.41, 5.74) is 1.37. The zero-order valence-corrected chi connectivity index (χ0v) is 14.6. The molecule has 3 rings (SSSR count). The zero-order valence-electron chi connectivity index (χ0n) is 12.9. The fourth-order valence-corrected chi connectivity index (χ4v) is 3.68. The van der Waals surface area contributed by atoms with Gasteiger partial charge < -0.3 is 9.15 Å². The van der Waals surface area contributed by atoms with Crippen molar-refractivity contribution in [3.05, 3.63) is 48.2 Å². The number of amides is 1. The Hall–Kier alpha value is -2.16. The van der Waals surface area contributed by atoms with Gasteiger partial charge in [0.2, 0.25) is 5.13 Å². The van der Waals surface area contributed by atoms with E-state index in [1.165, 1.54) is 23.1 Å². The van der Waals surface area contributed by atoms with Crippen LogP contribution in [-0.2, 0) is 11.3 Å². The van der Waals surface area contributed by atoms with Crippen molar-refractivity contribution >= 4 is 45.1 Å². The molecule has 24 heavy (non-hydrogen) atoms. The number of nitrogens with zero attached hydrogens (tertiary/aromatic N) is 2. The van der Waals surface area contributed by atoms with Crippen LogP contribution in [0.1, 0.15) is 16.1 Å².